The molecule has 1 N–H and O–H groups in total. The molecule has 0 spiro atoms. The third kappa shape index (κ3) is 4.91. The van der Waals surface area contributed by atoms with Gasteiger partial charge in [0.2, 0.25) is 15.9 Å². The number of nitrogens with zero attached hydrogens (tertiary/aromatic N) is 2. The minimum absolute atomic E-state index is 0.0848. The van der Waals surface area contributed by atoms with Crippen LogP contribution < -0.4 is 14.4 Å². The summed E-state index contributed by atoms with van der Waals surface area (Å²) in [6, 6.07) is 9.89. The number of benzene rings is 2. The van der Waals surface area contributed by atoms with Crippen LogP contribution in [-0.2, 0) is 14.8 Å². The summed E-state index contributed by atoms with van der Waals surface area (Å²) >= 11 is 0. The van der Waals surface area contributed by atoms with Crippen LogP contribution in [0.1, 0.15) is 12.5 Å². The van der Waals surface area contributed by atoms with Crippen molar-refractivity contribution >= 4 is 21.6 Å². The van der Waals surface area contributed by atoms with E-state index in [-0.39, 0.29) is 16.6 Å². The summed E-state index contributed by atoms with van der Waals surface area (Å²) in [7, 11) is -2.33. The number of anilines is 1. The lowest BCUT2D eigenvalue weighted by molar-refractivity contribution is -0.132. The minimum atomic E-state index is -3.85. The van der Waals surface area contributed by atoms with Crippen molar-refractivity contribution in [3.63, 3.8) is 0 Å². The van der Waals surface area contributed by atoms with Crippen molar-refractivity contribution in [1.29, 1.82) is 0 Å². The molecule has 1 aliphatic rings. The van der Waals surface area contributed by atoms with Crippen LogP contribution in [0, 0.1) is 12.7 Å². The molecule has 0 bridgehead atoms. The zero-order valence-electron chi connectivity index (χ0n) is 17.3. The third-order valence-corrected chi connectivity index (χ3v) is 6.70. The molecule has 0 aliphatic carbocycles. The fourth-order valence-electron chi connectivity index (χ4n) is 3.48. The lowest BCUT2D eigenvalue weighted by atomic mass is 10.2. The Balaban J connectivity index is 1.60. The number of carbonyl (C=O) groups is 1. The quantitative estimate of drug-likeness (QED) is 0.752. The van der Waals surface area contributed by atoms with Crippen molar-refractivity contribution in [3.05, 3.63) is 53.8 Å². The number of halogens is 1. The molecule has 1 fully saturated rings. The molecule has 162 valence electrons. The van der Waals surface area contributed by atoms with Gasteiger partial charge in [0, 0.05) is 31.9 Å². The first-order valence-corrected chi connectivity index (χ1v) is 11.2. The number of aryl methyl sites for hydroxylation is 1. The first-order valence-electron chi connectivity index (χ1n) is 9.67. The van der Waals surface area contributed by atoms with Crippen LogP contribution in [0.25, 0.3) is 0 Å². The van der Waals surface area contributed by atoms with E-state index in [1.807, 2.05) is 0 Å². The SMILES string of the molecule is COc1ccc(S(=O)(=O)N[C@@H](C)C(=O)N2CCN(c3ccc(F)cc3)CC2)cc1C. The zero-order valence-corrected chi connectivity index (χ0v) is 18.1. The highest BCUT2D eigenvalue weighted by Crippen LogP contribution is 2.22. The summed E-state index contributed by atoms with van der Waals surface area (Å²) in [4.78, 5) is 16.6. The van der Waals surface area contributed by atoms with Gasteiger partial charge in [0.25, 0.3) is 0 Å². The fourth-order valence-corrected chi connectivity index (χ4v) is 4.76. The Kier molecular flexibility index (Phi) is 6.62. The maximum atomic E-state index is 13.1. The second-order valence-corrected chi connectivity index (χ2v) is 8.98. The van der Waals surface area contributed by atoms with E-state index in [2.05, 4.69) is 9.62 Å². The fraction of sp³-hybridized carbons (Fsp3) is 0.381. The van der Waals surface area contributed by atoms with E-state index < -0.39 is 16.1 Å². The van der Waals surface area contributed by atoms with Crippen LogP contribution in [0.4, 0.5) is 10.1 Å². The van der Waals surface area contributed by atoms with Gasteiger partial charge in [0.05, 0.1) is 18.0 Å². The highest BCUT2D eigenvalue weighted by Gasteiger charge is 2.28. The highest BCUT2D eigenvalue weighted by atomic mass is 32.2. The van der Waals surface area contributed by atoms with Crippen LogP contribution in [-0.4, -0.2) is 58.6 Å². The van der Waals surface area contributed by atoms with Gasteiger partial charge in [-0.15, -0.1) is 0 Å². The molecular formula is C21H26FN3O4S. The number of carbonyl (C=O) groups excluding carboxylic acids is 1. The Morgan fingerprint density at radius 1 is 1.10 bits per heavy atom. The minimum Gasteiger partial charge on any atom is -0.496 e. The van der Waals surface area contributed by atoms with E-state index >= 15 is 0 Å². The Morgan fingerprint density at radius 2 is 1.73 bits per heavy atom. The Labute approximate surface area is 176 Å². The largest absolute Gasteiger partial charge is 0.496 e. The molecule has 1 atom stereocenters. The lowest BCUT2D eigenvalue weighted by Gasteiger charge is -2.37. The van der Waals surface area contributed by atoms with Crippen molar-refractivity contribution < 1.29 is 22.3 Å². The number of hydrogen-bond acceptors (Lipinski definition) is 5. The normalized spacial score (nSPS) is 15.7. The molecule has 1 saturated heterocycles. The summed E-state index contributed by atoms with van der Waals surface area (Å²) in [5.41, 5.74) is 1.59. The molecule has 0 radical (unpaired) electrons. The van der Waals surface area contributed by atoms with E-state index in [1.54, 1.807) is 36.9 Å². The van der Waals surface area contributed by atoms with Gasteiger partial charge in [-0.2, -0.15) is 4.72 Å². The van der Waals surface area contributed by atoms with Crippen LogP contribution in [0.3, 0.4) is 0 Å². The second kappa shape index (κ2) is 9.01. The monoisotopic (exact) mass is 435 g/mol. The van der Waals surface area contributed by atoms with E-state index in [0.29, 0.717) is 37.5 Å². The summed E-state index contributed by atoms with van der Waals surface area (Å²) in [5, 5.41) is 0. The van der Waals surface area contributed by atoms with E-state index in [1.165, 1.54) is 31.4 Å². The van der Waals surface area contributed by atoms with Gasteiger partial charge in [0.15, 0.2) is 0 Å². The summed E-state index contributed by atoms with van der Waals surface area (Å²) in [5.74, 6) is 0.0281. The molecule has 1 aliphatic heterocycles. The van der Waals surface area contributed by atoms with E-state index in [0.717, 1.165) is 5.69 Å². The predicted molar refractivity (Wildman–Crippen MR) is 113 cm³/mol. The van der Waals surface area contributed by atoms with Gasteiger partial charge in [-0.1, -0.05) is 0 Å². The lowest BCUT2D eigenvalue weighted by Crippen LogP contribution is -2.54. The highest BCUT2D eigenvalue weighted by molar-refractivity contribution is 7.89. The van der Waals surface area contributed by atoms with Gasteiger partial charge >= 0.3 is 0 Å². The smallest absolute Gasteiger partial charge is 0.241 e. The molecule has 9 heteroatoms. The van der Waals surface area contributed by atoms with Crippen LogP contribution >= 0.6 is 0 Å². The molecule has 7 nitrogen and oxygen atoms in total. The average Bonchev–Trinajstić information content (AvgIpc) is 2.73. The molecule has 3 rings (SSSR count). The van der Waals surface area contributed by atoms with Gasteiger partial charge in [-0.25, -0.2) is 12.8 Å². The Morgan fingerprint density at radius 3 is 2.30 bits per heavy atom. The Bertz CT molecular complexity index is 1000. The number of nitrogens with one attached hydrogen (secondary N) is 1. The standard InChI is InChI=1S/C21H26FN3O4S/c1-15-14-19(8-9-20(15)29-3)30(27,28)23-16(2)21(26)25-12-10-24(11-13-25)18-6-4-17(22)5-7-18/h4-9,14,16,23H,10-13H2,1-3H3/t16-/m0/s1. The molecule has 0 aromatic heterocycles. The number of piperazine rings is 1. The van der Waals surface area contributed by atoms with Crippen molar-refractivity contribution in [2.24, 2.45) is 0 Å². The number of amides is 1. The van der Waals surface area contributed by atoms with E-state index in [4.69, 9.17) is 4.74 Å². The summed E-state index contributed by atoms with van der Waals surface area (Å²) < 4.78 is 46.1. The molecule has 1 heterocycles. The maximum absolute atomic E-state index is 13.1. The second-order valence-electron chi connectivity index (χ2n) is 7.26. The van der Waals surface area contributed by atoms with Crippen LogP contribution in [0.5, 0.6) is 5.75 Å². The molecule has 2 aromatic rings. The zero-order chi connectivity index (χ0) is 21.9. The third-order valence-electron chi connectivity index (χ3n) is 5.16. The summed E-state index contributed by atoms with van der Waals surface area (Å²) in [6.07, 6.45) is 0. The molecule has 2 aromatic carbocycles. The van der Waals surface area contributed by atoms with Crippen molar-refractivity contribution in [3.8, 4) is 5.75 Å². The Hall–Kier alpha value is -2.65. The summed E-state index contributed by atoms with van der Waals surface area (Å²) in [6.45, 7) is 5.41. The number of methoxy groups -OCH3 is 1. The van der Waals surface area contributed by atoms with Crippen molar-refractivity contribution in [2.45, 2.75) is 24.8 Å². The van der Waals surface area contributed by atoms with E-state index in [9.17, 15) is 17.6 Å². The van der Waals surface area contributed by atoms with Gasteiger partial charge < -0.3 is 14.5 Å². The number of ether oxygens (including phenoxy) is 1. The number of hydrogen-bond donors (Lipinski definition) is 1. The molecular weight excluding hydrogens is 409 g/mol. The molecule has 0 saturated carbocycles. The molecule has 30 heavy (non-hydrogen) atoms. The molecule has 1 amide bonds. The van der Waals surface area contributed by atoms with Crippen LogP contribution in [0.15, 0.2) is 47.4 Å². The predicted octanol–water partition coefficient (Wildman–Crippen LogP) is 2.16. The topological polar surface area (TPSA) is 78.9 Å². The molecule has 0 unspecified atom stereocenters. The first kappa shape index (κ1) is 22.0. The van der Waals surface area contributed by atoms with Crippen molar-refractivity contribution in [2.75, 3.05) is 38.2 Å². The van der Waals surface area contributed by atoms with Gasteiger partial charge in [-0.3, -0.25) is 4.79 Å². The van der Waals surface area contributed by atoms with Gasteiger partial charge in [-0.05, 0) is 61.9 Å². The number of sulfonamides is 1. The maximum Gasteiger partial charge on any atom is 0.241 e. The van der Waals surface area contributed by atoms with Crippen molar-refractivity contribution in [1.82, 2.24) is 9.62 Å². The average molecular weight is 436 g/mol. The van der Waals surface area contributed by atoms with Gasteiger partial charge in [0.1, 0.15) is 11.6 Å². The number of rotatable bonds is 6. The first-order chi connectivity index (χ1) is 14.2. The van der Waals surface area contributed by atoms with Crippen LogP contribution in [0.2, 0.25) is 0 Å².